The molecule has 35 heavy (non-hydrogen) atoms. The molecule has 2 aromatic carbocycles. The fourth-order valence-corrected chi connectivity index (χ4v) is 3.95. The van der Waals surface area contributed by atoms with Crippen molar-refractivity contribution in [3.8, 4) is 17.2 Å². The maximum atomic E-state index is 12.9. The van der Waals surface area contributed by atoms with Crippen molar-refractivity contribution in [1.82, 2.24) is 15.6 Å². The van der Waals surface area contributed by atoms with Crippen molar-refractivity contribution >= 4 is 28.4 Å². The highest BCUT2D eigenvalue weighted by atomic mass is 16.6. The van der Waals surface area contributed by atoms with E-state index in [4.69, 9.17) is 19.9 Å². The Hall–Kier alpha value is -4.01. The van der Waals surface area contributed by atoms with Crippen molar-refractivity contribution in [2.24, 2.45) is 0 Å². The molecule has 9 nitrogen and oxygen atoms in total. The van der Waals surface area contributed by atoms with Crippen LogP contribution in [0.15, 0.2) is 36.4 Å². The van der Waals surface area contributed by atoms with Gasteiger partial charge in [0.2, 0.25) is 0 Å². The molecule has 4 rings (SSSR count). The predicted octanol–water partition coefficient (Wildman–Crippen LogP) is 3.23. The lowest BCUT2D eigenvalue weighted by atomic mass is 10.0. The number of hydrogen-bond donors (Lipinski definition) is 3. The number of fused-ring (bicyclic) bond motifs is 2. The molecule has 0 radical (unpaired) electrons. The van der Waals surface area contributed by atoms with E-state index in [1.54, 1.807) is 31.2 Å². The van der Waals surface area contributed by atoms with E-state index in [0.29, 0.717) is 70.4 Å². The number of rotatable bonds is 7. The molecule has 3 aromatic rings. The Balaban J connectivity index is 1.53. The zero-order chi connectivity index (χ0) is 25.2. The minimum Gasteiger partial charge on any atom is -0.490 e. The van der Waals surface area contributed by atoms with E-state index in [1.807, 2.05) is 32.9 Å². The second-order valence-electron chi connectivity index (χ2n) is 8.98. The summed E-state index contributed by atoms with van der Waals surface area (Å²) in [5, 5.41) is 6.34. The maximum absolute atomic E-state index is 12.9. The predicted molar refractivity (Wildman–Crippen MR) is 133 cm³/mol. The van der Waals surface area contributed by atoms with Gasteiger partial charge < -0.3 is 30.6 Å². The van der Waals surface area contributed by atoms with Gasteiger partial charge in [-0.3, -0.25) is 14.6 Å². The number of nitrogens with zero attached hydrogens (tertiary/aromatic N) is 1. The first-order valence-corrected chi connectivity index (χ1v) is 11.5. The van der Waals surface area contributed by atoms with Crippen molar-refractivity contribution in [3.05, 3.63) is 53.2 Å². The van der Waals surface area contributed by atoms with Crippen LogP contribution in [0.3, 0.4) is 0 Å². The molecule has 0 saturated carbocycles. The third kappa shape index (κ3) is 5.08. The quantitative estimate of drug-likeness (QED) is 0.476. The molecule has 4 N–H and O–H groups in total. The van der Waals surface area contributed by atoms with Crippen LogP contribution in [0.4, 0.5) is 5.69 Å². The summed E-state index contributed by atoms with van der Waals surface area (Å²) >= 11 is 0. The maximum Gasteiger partial charge on any atom is 0.255 e. The number of ether oxygens (including phenoxy) is 3. The first kappa shape index (κ1) is 24.1. The van der Waals surface area contributed by atoms with Gasteiger partial charge in [0.15, 0.2) is 11.5 Å². The van der Waals surface area contributed by atoms with Crippen LogP contribution in [-0.4, -0.2) is 48.7 Å². The molecule has 1 aliphatic heterocycles. The van der Waals surface area contributed by atoms with Crippen LogP contribution in [-0.2, 0) is 0 Å². The molecule has 0 spiro atoms. The fraction of sp³-hybridized carbons (Fsp3) is 0.346. The van der Waals surface area contributed by atoms with Crippen LogP contribution < -0.4 is 30.6 Å². The van der Waals surface area contributed by atoms with Gasteiger partial charge in [-0.2, -0.15) is 0 Å². The first-order chi connectivity index (χ1) is 16.7. The number of benzene rings is 2. The summed E-state index contributed by atoms with van der Waals surface area (Å²) in [7, 11) is 0. The van der Waals surface area contributed by atoms with Gasteiger partial charge >= 0.3 is 0 Å². The largest absolute Gasteiger partial charge is 0.490 e. The van der Waals surface area contributed by atoms with E-state index in [-0.39, 0.29) is 18.4 Å². The van der Waals surface area contributed by atoms with Crippen LogP contribution in [0.2, 0.25) is 0 Å². The third-order valence-electron chi connectivity index (χ3n) is 5.60. The lowest BCUT2D eigenvalue weighted by Crippen LogP contribution is -2.47. The number of aryl methyl sites for hydroxylation is 1. The molecule has 0 saturated heterocycles. The van der Waals surface area contributed by atoms with Gasteiger partial charge in [0.25, 0.3) is 11.8 Å². The number of anilines is 1. The summed E-state index contributed by atoms with van der Waals surface area (Å²) in [4.78, 5) is 30.0. The van der Waals surface area contributed by atoms with Gasteiger partial charge in [-0.05, 0) is 58.0 Å². The standard InChI is InChI=1S/C26H30N4O5/c1-5-28-25(32)21-15(2)29-17-7-6-8-19(22(17)23(21)27)35-14-26(3,4)30-24(31)16-9-10-18-20(13-16)34-12-11-33-18/h6-10,13H,5,11-12,14H2,1-4H3,(H2,27,29)(H,28,32)(H,30,31). The number of hydrogen-bond acceptors (Lipinski definition) is 7. The zero-order valence-corrected chi connectivity index (χ0v) is 20.4. The molecule has 0 aliphatic carbocycles. The molecule has 0 fully saturated rings. The van der Waals surface area contributed by atoms with Crippen LogP contribution in [0.5, 0.6) is 17.2 Å². The Morgan fingerprint density at radius 1 is 1.11 bits per heavy atom. The number of nitrogens with one attached hydrogen (secondary N) is 2. The highest BCUT2D eigenvalue weighted by molar-refractivity contribution is 6.09. The number of pyridine rings is 1. The van der Waals surface area contributed by atoms with E-state index in [0.717, 1.165) is 0 Å². The number of amides is 2. The molecule has 0 bridgehead atoms. The number of nitrogens with two attached hydrogens (primary N) is 1. The van der Waals surface area contributed by atoms with Gasteiger partial charge in [0, 0.05) is 12.1 Å². The second kappa shape index (κ2) is 9.69. The average molecular weight is 479 g/mol. The molecule has 9 heteroatoms. The number of nitrogen functional groups attached to an aromatic ring is 1. The van der Waals surface area contributed by atoms with Crippen molar-refractivity contribution in [1.29, 1.82) is 0 Å². The first-order valence-electron chi connectivity index (χ1n) is 11.5. The second-order valence-corrected chi connectivity index (χ2v) is 8.98. The van der Waals surface area contributed by atoms with Gasteiger partial charge in [0.05, 0.1) is 33.4 Å². The highest BCUT2D eigenvalue weighted by Gasteiger charge is 2.25. The summed E-state index contributed by atoms with van der Waals surface area (Å²) in [5.74, 6) is 1.12. The summed E-state index contributed by atoms with van der Waals surface area (Å²) in [6, 6.07) is 10.5. The third-order valence-corrected chi connectivity index (χ3v) is 5.60. The summed E-state index contributed by atoms with van der Waals surface area (Å²) in [6.07, 6.45) is 0. The molecule has 1 aromatic heterocycles. The molecular formula is C26H30N4O5. The Kier molecular flexibility index (Phi) is 6.68. The molecule has 1 aliphatic rings. The lowest BCUT2D eigenvalue weighted by molar-refractivity contribution is 0.0879. The summed E-state index contributed by atoms with van der Waals surface area (Å²) in [5.41, 5.74) is 7.99. The Morgan fingerprint density at radius 2 is 1.86 bits per heavy atom. The zero-order valence-electron chi connectivity index (χ0n) is 20.4. The van der Waals surface area contributed by atoms with E-state index in [2.05, 4.69) is 15.6 Å². The summed E-state index contributed by atoms with van der Waals surface area (Å²) in [6.45, 7) is 8.89. The van der Waals surface area contributed by atoms with Crippen molar-refractivity contribution in [3.63, 3.8) is 0 Å². The monoisotopic (exact) mass is 478 g/mol. The molecule has 0 unspecified atom stereocenters. The van der Waals surface area contributed by atoms with E-state index >= 15 is 0 Å². The summed E-state index contributed by atoms with van der Waals surface area (Å²) < 4.78 is 17.2. The van der Waals surface area contributed by atoms with E-state index in [9.17, 15) is 9.59 Å². The Bertz CT molecular complexity index is 1290. The fourth-order valence-electron chi connectivity index (χ4n) is 3.95. The molecule has 0 atom stereocenters. The number of aromatic nitrogens is 1. The highest BCUT2D eigenvalue weighted by Crippen LogP contribution is 2.34. The van der Waals surface area contributed by atoms with Crippen molar-refractivity contribution in [2.45, 2.75) is 33.2 Å². The molecular weight excluding hydrogens is 448 g/mol. The van der Waals surface area contributed by atoms with Crippen molar-refractivity contribution in [2.75, 3.05) is 32.1 Å². The van der Waals surface area contributed by atoms with Crippen LogP contribution in [0, 0.1) is 6.92 Å². The molecule has 2 amide bonds. The van der Waals surface area contributed by atoms with Crippen LogP contribution in [0.25, 0.3) is 10.9 Å². The molecule has 184 valence electrons. The van der Waals surface area contributed by atoms with Gasteiger partial charge in [-0.15, -0.1) is 0 Å². The van der Waals surface area contributed by atoms with E-state index < -0.39 is 5.54 Å². The number of carbonyl (C=O) groups excluding carboxylic acids is 2. The van der Waals surface area contributed by atoms with Gasteiger partial charge in [-0.25, -0.2) is 0 Å². The van der Waals surface area contributed by atoms with Crippen molar-refractivity contribution < 1.29 is 23.8 Å². The van der Waals surface area contributed by atoms with Gasteiger partial charge in [0.1, 0.15) is 25.6 Å². The number of carbonyl (C=O) groups is 2. The lowest BCUT2D eigenvalue weighted by Gasteiger charge is -2.27. The smallest absolute Gasteiger partial charge is 0.255 e. The van der Waals surface area contributed by atoms with Gasteiger partial charge in [-0.1, -0.05) is 6.07 Å². The SMILES string of the molecule is CCNC(=O)c1c(C)nc2cccc(OCC(C)(C)NC(=O)c3ccc4c(c3)OCCO4)c2c1N. The minimum atomic E-state index is -0.720. The van der Waals surface area contributed by atoms with Crippen LogP contribution in [0.1, 0.15) is 47.2 Å². The van der Waals surface area contributed by atoms with Crippen LogP contribution >= 0.6 is 0 Å². The van der Waals surface area contributed by atoms with E-state index in [1.165, 1.54) is 0 Å². The average Bonchev–Trinajstić information content (AvgIpc) is 2.82. The minimum absolute atomic E-state index is 0.159. The topological polar surface area (TPSA) is 125 Å². The Labute approximate surface area is 204 Å². The Morgan fingerprint density at radius 3 is 2.60 bits per heavy atom. The normalized spacial score (nSPS) is 12.8. The molecule has 2 heterocycles.